The Morgan fingerprint density at radius 2 is 1.50 bits per heavy atom. The Morgan fingerprint density at radius 3 is 2.24 bits per heavy atom. The van der Waals surface area contributed by atoms with E-state index in [0.29, 0.717) is 16.7 Å². The van der Waals surface area contributed by atoms with Crippen LogP contribution in [0.25, 0.3) is 44.5 Å². The average molecular weight is 561 g/mol. The Morgan fingerprint density at radius 1 is 0.786 bits per heavy atom. The molecular formula is C36H34NO5+. The Bertz CT molecular complexity index is 1810. The van der Waals surface area contributed by atoms with Crippen LogP contribution in [0.5, 0.6) is 0 Å². The van der Waals surface area contributed by atoms with Crippen LogP contribution in [0.4, 0.5) is 0 Å². The van der Waals surface area contributed by atoms with Crippen LogP contribution in [0.15, 0.2) is 108 Å². The molecule has 0 aromatic heterocycles. The second kappa shape index (κ2) is 12.7. The lowest BCUT2D eigenvalue weighted by Crippen LogP contribution is -2.29. The van der Waals surface area contributed by atoms with Crippen LogP contribution in [0, 0.1) is 0 Å². The van der Waals surface area contributed by atoms with E-state index < -0.39 is 11.9 Å². The third-order valence-corrected chi connectivity index (χ3v) is 7.25. The molecular weight excluding hydrogens is 526 g/mol. The van der Waals surface area contributed by atoms with Crippen molar-refractivity contribution >= 4 is 22.9 Å². The molecule has 6 nitrogen and oxygen atoms in total. The number of benzene rings is 4. The molecule has 2 aliphatic rings. The fraction of sp³-hybridized carbons (Fsp3) is 0.194. The second-order valence-corrected chi connectivity index (χ2v) is 10.0. The molecule has 1 aliphatic heterocycles. The summed E-state index contributed by atoms with van der Waals surface area (Å²) in [5.41, 5.74) is 6.04. The fourth-order valence-corrected chi connectivity index (χ4v) is 5.11. The summed E-state index contributed by atoms with van der Waals surface area (Å²) in [5.74, 6) is -0.294. The Labute approximate surface area is 245 Å². The first kappa shape index (κ1) is 28.6. The molecule has 212 valence electrons. The second-order valence-electron chi connectivity index (χ2n) is 10.0. The molecule has 1 aliphatic carbocycles. The van der Waals surface area contributed by atoms with Crippen molar-refractivity contribution in [2.24, 2.45) is 0 Å². The molecule has 1 heterocycles. The molecule has 0 bridgehead atoms. The highest BCUT2D eigenvalue weighted by atomic mass is 16.6. The number of carbonyl (C=O) groups is 2. The van der Waals surface area contributed by atoms with E-state index in [9.17, 15) is 9.59 Å². The van der Waals surface area contributed by atoms with Crippen LogP contribution in [0.2, 0.25) is 0 Å². The van der Waals surface area contributed by atoms with Crippen molar-refractivity contribution in [1.82, 2.24) is 4.58 Å². The third-order valence-electron chi connectivity index (χ3n) is 7.25. The minimum Gasteiger partial charge on any atom is -0.459 e. The van der Waals surface area contributed by atoms with Crippen molar-refractivity contribution < 1.29 is 23.5 Å². The van der Waals surface area contributed by atoms with E-state index in [1.54, 1.807) is 13.0 Å². The van der Waals surface area contributed by atoms with Crippen LogP contribution < -0.4 is 9.93 Å². The zero-order chi connectivity index (χ0) is 29.6. The number of ether oxygens (including phenoxy) is 2. The first-order valence-electron chi connectivity index (χ1n) is 14.1. The molecule has 0 atom stereocenters. The van der Waals surface area contributed by atoms with Crippen LogP contribution in [0.3, 0.4) is 0 Å². The number of carbonyl (C=O) groups excluding carboxylic acids is 2. The number of rotatable bonds is 9. The van der Waals surface area contributed by atoms with Crippen LogP contribution in [-0.4, -0.2) is 38.2 Å². The zero-order valence-electron chi connectivity index (χ0n) is 24.2. The van der Waals surface area contributed by atoms with Gasteiger partial charge in [-0.15, -0.1) is 0 Å². The van der Waals surface area contributed by atoms with Gasteiger partial charge >= 0.3 is 11.9 Å². The SMILES string of the molecule is C=C(C)C(=O)OCCOC(=O)c1ccccc1-c1c2ccc(=[N+](CC)CC)cc-2oc2ccc(-c3ccccc3)cc12. The molecule has 0 saturated carbocycles. The van der Waals surface area contributed by atoms with Crippen LogP contribution in [0.1, 0.15) is 31.1 Å². The zero-order valence-corrected chi connectivity index (χ0v) is 24.2. The lowest BCUT2D eigenvalue weighted by molar-refractivity contribution is -0.140. The molecule has 0 N–H and O–H groups in total. The summed E-state index contributed by atoms with van der Waals surface area (Å²) < 4.78 is 19.4. The maximum atomic E-state index is 13.4. The number of esters is 2. The molecule has 3 aromatic rings. The average Bonchev–Trinajstić information content (AvgIpc) is 3.02. The van der Waals surface area contributed by atoms with Gasteiger partial charge in [0.15, 0.2) is 0 Å². The largest absolute Gasteiger partial charge is 0.459 e. The van der Waals surface area contributed by atoms with Crippen molar-refractivity contribution in [2.75, 3.05) is 26.3 Å². The van der Waals surface area contributed by atoms with E-state index in [-0.39, 0.29) is 13.2 Å². The first-order valence-corrected chi connectivity index (χ1v) is 14.1. The van der Waals surface area contributed by atoms with Crippen molar-refractivity contribution in [3.63, 3.8) is 0 Å². The highest BCUT2D eigenvalue weighted by Gasteiger charge is 2.23. The Hall–Kier alpha value is -4.97. The molecule has 6 heteroatoms. The van der Waals surface area contributed by atoms with Gasteiger partial charge in [-0.05, 0) is 61.7 Å². The summed E-state index contributed by atoms with van der Waals surface area (Å²) in [6.07, 6.45) is 0. The number of fused-ring (bicyclic) bond motifs is 2. The first-order chi connectivity index (χ1) is 20.4. The van der Waals surface area contributed by atoms with Crippen molar-refractivity contribution in [3.05, 3.63) is 114 Å². The molecule has 3 aromatic carbocycles. The normalized spacial score (nSPS) is 10.9. The lowest BCUT2D eigenvalue weighted by Gasteiger charge is -2.18. The van der Waals surface area contributed by atoms with Crippen molar-refractivity contribution in [3.8, 4) is 33.6 Å². The monoisotopic (exact) mass is 560 g/mol. The summed E-state index contributed by atoms with van der Waals surface area (Å²) in [6.45, 7) is 11.0. The van der Waals surface area contributed by atoms with Gasteiger partial charge in [-0.2, -0.15) is 0 Å². The van der Waals surface area contributed by atoms with E-state index in [1.807, 2.05) is 42.5 Å². The Kier molecular flexibility index (Phi) is 8.63. The van der Waals surface area contributed by atoms with E-state index in [2.05, 4.69) is 67.5 Å². The lowest BCUT2D eigenvalue weighted by atomic mass is 9.89. The summed E-state index contributed by atoms with van der Waals surface area (Å²) in [6, 6.07) is 29.9. The molecule has 0 fully saturated rings. The standard InChI is InChI=1S/C36H34NO5/c1-5-37(6-2)27-17-18-30-33(23-27)42-32-19-16-26(25-12-8-7-9-13-25)22-31(32)34(30)28-14-10-11-15-29(28)36(39)41-21-20-40-35(38)24(3)4/h7-19,22-23H,3,5-6,20-21H2,1-2,4H3/q+1. The van der Waals surface area contributed by atoms with E-state index in [4.69, 9.17) is 13.9 Å². The van der Waals surface area contributed by atoms with Gasteiger partial charge in [0.2, 0.25) is 5.36 Å². The number of hydrogen-bond donors (Lipinski definition) is 0. The predicted octanol–water partition coefficient (Wildman–Crippen LogP) is 6.96. The van der Waals surface area contributed by atoms with Crippen molar-refractivity contribution in [2.45, 2.75) is 20.8 Å². The van der Waals surface area contributed by atoms with E-state index >= 15 is 0 Å². The molecule has 0 amide bonds. The van der Waals surface area contributed by atoms with Gasteiger partial charge in [0.1, 0.15) is 37.6 Å². The van der Waals surface area contributed by atoms with Gasteiger partial charge in [-0.1, -0.05) is 61.2 Å². The van der Waals surface area contributed by atoms with E-state index in [1.165, 1.54) is 0 Å². The molecule has 0 spiro atoms. The van der Waals surface area contributed by atoms with Gasteiger partial charge in [0.25, 0.3) is 0 Å². The third kappa shape index (κ3) is 5.88. The van der Waals surface area contributed by atoms with Gasteiger partial charge in [0.05, 0.1) is 11.6 Å². The summed E-state index contributed by atoms with van der Waals surface area (Å²) in [5, 5.41) is 1.95. The van der Waals surface area contributed by atoms with Crippen LogP contribution in [-0.2, 0) is 14.3 Å². The van der Waals surface area contributed by atoms with Gasteiger partial charge in [0, 0.05) is 28.2 Å². The number of nitrogens with zero attached hydrogens (tertiary/aromatic N) is 1. The van der Waals surface area contributed by atoms with Gasteiger partial charge < -0.3 is 13.9 Å². The van der Waals surface area contributed by atoms with Crippen molar-refractivity contribution in [1.29, 1.82) is 0 Å². The van der Waals surface area contributed by atoms with E-state index in [0.717, 1.165) is 57.4 Å². The highest BCUT2D eigenvalue weighted by Crippen LogP contribution is 2.42. The topological polar surface area (TPSA) is 68.8 Å². The smallest absolute Gasteiger partial charge is 0.338 e. The predicted molar refractivity (Wildman–Crippen MR) is 166 cm³/mol. The molecule has 0 radical (unpaired) electrons. The maximum Gasteiger partial charge on any atom is 0.338 e. The molecule has 42 heavy (non-hydrogen) atoms. The Balaban J connectivity index is 1.67. The quantitative estimate of drug-likeness (QED) is 0.0641. The maximum absolute atomic E-state index is 13.4. The number of hydrogen-bond acceptors (Lipinski definition) is 5. The molecule has 0 unspecified atom stereocenters. The fourth-order valence-electron chi connectivity index (χ4n) is 5.11. The summed E-state index contributed by atoms with van der Waals surface area (Å²) in [7, 11) is 0. The summed E-state index contributed by atoms with van der Waals surface area (Å²) in [4.78, 5) is 25.1. The van der Waals surface area contributed by atoms with Crippen LogP contribution >= 0.6 is 0 Å². The molecule has 5 rings (SSSR count). The highest BCUT2D eigenvalue weighted by molar-refractivity contribution is 6.08. The molecule has 0 saturated heterocycles. The van der Waals surface area contributed by atoms with Gasteiger partial charge in [-0.25, -0.2) is 14.2 Å². The van der Waals surface area contributed by atoms with Gasteiger partial charge in [-0.3, -0.25) is 0 Å². The minimum atomic E-state index is -0.518. The summed E-state index contributed by atoms with van der Waals surface area (Å²) >= 11 is 0. The minimum absolute atomic E-state index is 0.0513.